The second-order valence-corrected chi connectivity index (χ2v) is 4.28. The van der Waals surface area contributed by atoms with Crippen LogP contribution in [-0.2, 0) is 11.8 Å². The Balaban J connectivity index is 2.18. The van der Waals surface area contributed by atoms with Gasteiger partial charge in [-0.25, -0.2) is 0 Å². The second kappa shape index (κ2) is 3.80. The van der Waals surface area contributed by atoms with E-state index in [-0.39, 0.29) is 0 Å². The molecule has 1 saturated heterocycles. The van der Waals surface area contributed by atoms with Crippen molar-refractivity contribution in [3.63, 3.8) is 0 Å². The highest BCUT2D eigenvalue weighted by Crippen LogP contribution is 2.30. The summed E-state index contributed by atoms with van der Waals surface area (Å²) in [4.78, 5) is 0. The predicted octanol–water partition coefficient (Wildman–Crippen LogP) is 2.08. The molecule has 0 atom stereocenters. The van der Waals surface area contributed by atoms with Gasteiger partial charge in [-0.05, 0) is 28.8 Å². The number of aryl methyl sites for hydroxylation is 1. The molecule has 4 heteroatoms. The van der Waals surface area contributed by atoms with E-state index in [2.05, 4.69) is 21.0 Å². The summed E-state index contributed by atoms with van der Waals surface area (Å²) in [5, 5.41) is 4.45. The van der Waals surface area contributed by atoms with Gasteiger partial charge in [0.05, 0.1) is 10.2 Å². The third-order valence-electron chi connectivity index (χ3n) is 2.42. The lowest BCUT2D eigenvalue weighted by molar-refractivity contribution is 0.0842. The number of halogens is 1. The number of ether oxygens (including phenoxy) is 1. The molecule has 0 aromatic carbocycles. The highest BCUT2D eigenvalue weighted by Gasteiger charge is 2.20. The highest BCUT2D eigenvalue weighted by molar-refractivity contribution is 9.10. The molecule has 0 amide bonds. The molecule has 1 aromatic heterocycles. The van der Waals surface area contributed by atoms with Crippen molar-refractivity contribution in [1.29, 1.82) is 0 Å². The third-order valence-corrected chi connectivity index (χ3v) is 3.03. The minimum atomic E-state index is 0.573. The normalized spacial score (nSPS) is 19.2. The summed E-state index contributed by atoms with van der Waals surface area (Å²) in [7, 11) is 1.95. The van der Waals surface area contributed by atoms with Gasteiger partial charge in [-0.2, -0.15) is 5.10 Å². The van der Waals surface area contributed by atoms with Crippen molar-refractivity contribution in [3.05, 3.63) is 16.4 Å². The Hall–Kier alpha value is -0.350. The van der Waals surface area contributed by atoms with E-state index in [1.54, 1.807) is 0 Å². The van der Waals surface area contributed by atoms with E-state index < -0.39 is 0 Å². The smallest absolute Gasteiger partial charge is 0.0799 e. The SMILES string of the molecule is Cn1cc(Br)c(C2CCOCC2)n1. The first-order valence-corrected chi connectivity index (χ1v) is 5.33. The van der Waals surface area contributed by atoms with Crippen molar-refractivity contribution in [2.24, 2.45) is 7.05 Å². The summed E-state index contributed by atoms with van der Waals surface area (Å²) in [6.07, 6.45) is 4.19. The minimum Gasteiger partial charge on any atom is -0.381 e. The van der Waals surface area contributed by atoms with Crippen LogP contribution < -0.4 is 0 Å². The molecule has 1 fully saturated rings. The molecule has 1 aliphatic rings. The van der Waals surface area contributed by atoms with Crippen LogP contribution in [-0.4, -0.2) is 23.0 Å². The van der Waals surface area contributed by atoms with Crippen LogP contribution in [0, 0.1) is 0 Å². The fourth-order valence-electron chi connectivity index (χ4n) is 1.72. The van der Waals surface area contributed by atoms with Gasteiger partial charge >= 0.3 is 0 Å². The summed E-state index contributed by atoms with van der Waals surface area (Å²) >= 11 is 3.53. The lowest BCUT2D eigenvalue weighted by Crippen LogP contribution is -2.15. The Morgan fingerprint density at radius 2 is 2.23 bits per heavy atom. The molecule has 0 bridgehead atoms. The van der Waals surface area contributed by atoms with E-state index in [0.29, 0.717) is 5.92 Å². The van der Waals surface area contributed by atoms with E-state index >= 15 is 0 Å². The van der Waals surface area contributed by atoms with Gasteiger partial charge in [-0.1, -0.05) is 0 Å². The average Bonchev–Trinajstić information content (AvgIpc) is 2.47. The van der Waals surface area contributed by atoms with E-state index in [0.717, 1.165) is 30.5 Å². The summed E-state index contributed by atoms with van der Waals surface area (Å²) in [5.41, 5.74) is 1.19. The Kier molecular flexibility index (Phi) is 2.69. The molecule has 1 aromatic rings. The Morgan fingerprint density at radius 3 is 2.77 bits per heavy atom. The third kappa shape index (κ3) is 1.94. The zero-order chi connectivity index (χ0) is 9.26. The molecule has 1 aliphatic heterocycles. The van der Waals surface area contributed by atoms with E-state index in [9.17, 15) is 0 Å². The van der Waals surface area contributed by atoms with Crippen molar-refractivity contribution >= 4 is 15.9 Å². The van der Waals surface area contributed by atoms with Crippen molar-refractivity contribution in [1.82, 2.24) is 9.78 Å². The zero-order valence-corrected chi connectivity index (χ0v) is 9.25. The predicted molar refractivity (Wildman–Crippen MR) is 53.7 cm³/mol. The molecule has 0 saturated carbocycles. The van der Waals surface area contributed by atoms with Crippen LogP contribution in [0.2, 0.25) is 0 Å². The number of rotatable bonds is 1. The van der Waals surface area contributed by atoms with Crippen LogP contribution >= 0.6 is 15.9 Å². The summed E-state index contributed by atoms with van der Waals surface area (Å²) < 4.78 is 8.30. The number of aromatic nitrogens is 2. The second-order valence-electron chi connectivity index (χ2n) is 3.42. The van der Waals surface area contributed by atoms with Gasteiger partial charge in [0.2, 0.25) is 0 Å². The maximum Gasteiger partial charge on any atom is 0.0799 e. The summed E-state index contributed by atoms with van der Waals surface area (Å²) in [5.74, 6) is 0.573. The van der Waals surface area contributed by atoms with Gasteiger partial charge in [0.1, 0.15) is 0 Å². The standard InChI is InChI=1S/C9H13BrN2O/c1-12-6-8(10)9(11-12)7-2-4-13-5-3-7/h6-7H,2-5H2,1H3. The average molecular weight is 245 g/mol. The molecule has 0 aliphatic carbocycles. The van der Waals surface area contributed by atoms with Crippen LogP contribution in [0.25, 0.3) is 0 Å². The van der Waals surface area contributed by atoms with Crippen molar-refractivity contribution in [3.8, 4) is 0 Å². The fraction of sp³-hybridized carbons (Fsp3) is 0.667. The van der Waals surface area contributed by atoms with Crippen LogP contribution in [0.5, 0.6) is 0 Å². The van der Waals surface area contributed by atoms with Gasteiger partial charge in [-0.15, -0.1) is 0 Å². The molecule has 13 heavy (non-hydrogen) atoms. The first-order valence-electron chi connectivity index (χ1n) is 4.54. The Bertz CT molecular complexity index is 292. The lowest BCUT2D eigenvalue weighted by atomic mass is 9.97. The summed E-state index contributed by atoms with van der Waals surface area (Å²) in [6, 6.07) is 0. The maximum absolute atomic E-state index is 5.32. The van der Waals surface area contributed by atoms with Crippen LogP contribution in [0.15, 0.2) is 10.7 Å². The molecule has 72 valence electrons. The molecule has 0 radical (unpaired) electrons. The fourth-order valence-corrected chi connectivity index (χ4v) is 2.42. The van der Waals surface area contributed by atoms with Gasteiger partial charge < -0.3 is 4.74 Å². The Morgan fingerprint density at radius 1 is 1.54 bits per heavy atom. The minimum absolute atomic E-state index is 0.573. The van der Waals surface area contributed by atoms with E-state index in [1.165, 1.54) is 5.69 Å². The monoisotopic (exact) mass is 244 g/mol. The van der Waals surface area contributed by atoms with E-state index in [1.807, 2.05) is 17.9 Å². The van der Waals surface area contributed by atoms with Crippen LogP contribution in [0.4, 0.5) is 0 Å². The molecule has 2 rings (SSSR count). The number of hydrogen-bond donors (Lipinski definition) is 0. The maximum atomic E-state index is 5.32. The molecule has 2 heterocycles. The van der Waals surface area contributed by atoms with Gasteiger partial charge in [0, 0.05) is 32.4 Å². The topological polar surface area (TPSA) is 27.1 Å². The van der Waals surface area contributed by atoms with Gasteiger partial charge in [0.15, 0.2) is 0 Å². The first-order chi connectivity index (χ1) is 6.27. The molecule has 3 nitrogen and oxygen atoms in total. The lowest BCUT2D eigenvalue weighted by Gasteiger charge is -2.20. The quantitative estimate of drug-likeness (QED) is 0.757. The van der Waals surface area contributed by atoms with Crippen molar-refractivity contribution in [2.45, 2.75) is 18.8 Å². The first kappa shape index (κ1) is 9.21. The molecular weight excluding hydrogens is 232 g/mol. The number of nitrogens with zero attached hydrogens (tertiary/aromatic N) is 2. The highest BCUT2D eigenvalue weighted by atomic mass is 79.9. The number of hydrogen-bond acceptors (Lipinski definition) is 2. The van der Waals surface area contributed by atoms with Crippen LogP contribution in [0.3, 0.4) is 0 Å². The molecule has 0 N–H and O–H groups in total. The van der Waals surface area contributed by atoms with Crippen LogP contribution in [0.1, 0.15) is 24.5 Å². The molecular formula is C9H13BrN2O. The van der Waals surface area contributed by atoms with Crippen molar-refractivity contribution < 1.29 is 4.74 Å². The molecule has 0 unspecified atom stereocenters. The summed E-state index contributed by atoms with van der Waals surface area (Å²) in [6.45, 7) is 1.74. The zero-order valence-electron chi connectivity index (χ0n) is 7.66. The van der Waals surface area contributed by atoms with Gasteiger partial charge in [0.25, 0.3) is 0 Å². The largest absolute Gasteiger partial charge is 0.381 e. The molecule has 0 spiro atoms. The van der Waals surface area contributed by atoms with Gasteiger partial charge in [-0.3, -0.25) is 4.68 Å². The Labute approximate surface area is 86.2 Å². The van der Waals surface area contributed by atoms with Crippen molar-refractivity contribution in [2.75, 3.05) is 13.2 Å². The van der Waals surface area contributed by atoms with E-state index in [4.69, 9.17) is 4.74 Å².